The fraction of sp³-hybridized carbons (Fsp3) is 0.611. The summed E-state index contributed by atoms with van der Waals surface area (Å²) in [5, 5.41) is 3.36. The van der Waals surface area contributed by atoms with Gasteiger partial charge in [0.1, 0.15) is 0 Å². The molecule has 0 bridgehead atoms. The van der Waals surface area contributed by atoms with Crippen molar-refractivity contribution in [3.63, 3.8) is 0 Å². The number of likely N-dealkylation sites (tertiary alicyclic amines) is 1. The number of nitrogens with zero attached hydrogens (tertiary/aromatic N) is 1. The maximum atomic E-state index is 12.7. The third kappa shape index (κ3) is 3.29. The Bertz CT molecular complexity index is 467. The van der Waals surface area contributed by atoms with Crippen LogP contribution in [0.25, 0.3) is 0 Å². The van der Waals surface area contributed by atoms with Crippen LogP contribution in [0.2, 0.25) is 0 Å². The van der Waals surface area contributed by atoms with E-state index >= 15 is 0 Å². The van der Waals surface area contributed by atoms with E-state index in [-0.39, 0.29) is 5.92 Å². The van der Waals surface area contributed by atoms with Gasteiger partial charge in [-0.05, 0) is 50.6 Å². The van der Waals surface area contributed by atoms with Crippen molar-refractivity contribution in [2.45, 2.75) is 38.6 Å². The van der Waals surface area contributed by atoms with Gasteiger partial charge in [-0.1, -0.05) is 30.3 Å². The molecule has 1 N–H and O–H groups in total. The largest absolute Gasteiger partial charge is 0.339 e. The van der Waals surface area contributed by atoms with Crippen LogP contribution in [0.4, 0.5) is 0 Å². The van der Waals surface area contributed by atoms with Gasteiger partial charge < -0.3 is 10.2 Å². The summed E-state index contributed by atoms with van der Waals surface area (Å²) < 4.78 is 0. The predicted octanol–water partition coefficient (Wildman–Crippen LogP) is 2.47. The van der Waals surface area contributed by atoms with Gasteiger partial charge in [0.2, 0.25) is 5.91 Å². The van der Waals surface area contributed by atoms with Gasteiger partial charge in [0.05, 0.1) is 5.92 Å². The second kappa shape index (κ2) is 6.61. The highest BCUT2D eigenvalue weighted by atomic mass is 16.2. The van der Waals surface area contributed by atoms with E-state index < -0.39 is 0 Å². The predicted molar refractivity (Wildman–Crippen MR) is 85.0 cm³/mol. The average molecular weight is 286 g/mol. The summed E-state index contributed by atoms with van der Waals surface area (Å²) in [5.74, 6) is 1.19. The molecular formula is C18H26N2O. The molecule has 2 fully saturated rings. The minimum absolute atomic E-state index is 0.205. The third-order valence-electron chi connectivity index (χ3n) is 5.18. The molecule has 2 aliphatic rings. The molecule has 0 spiro atoms. The Labute approximate surface area is 127 Å². The van der Waals surface area contributed by atoms with Crippen molar-refractivity contribution in [1.82, 2.24) is 10.2 Å². The van der Waals surface area contributed by atoms with Gasteiger partial charge in [-0.3, -0.25) is 4.79 Å². The molecule has 114 valence electrons. The minimum Gasteiger partial charge on any atom is -0.339 e. The lowest BCUT2D eigenvalue weighted by atomic mass is 9.92. The standard InChI is InChI=1S/C18H26N2O/c1-14-16(12-15-6-3-2-4-7-15)9-11-20(14)18(21)17-8-5-10-19-13-17/h2-4,6-7,14,16-17,19H,5,8-13H2,1H3. The number of benzene rings is 1. The first-order valence-corrected chi connectivity index (χ1v) is 8.31. The Balaban J connectivity index is 1.60. The van der Waals surface area contributed by atoms with Crippen molar-refractivity contribution >= 4 is 5.91 Å². The molecule has 0 radical (unpaired) electrons. The molecule has 0 aromatic heterocycles. The summed E-state index contributed by atoms with van der Waals surface area (Å²) in [6, 6.07) is 11.0. The Morgan fingerprint density at radius 2 is 2.10 bits per heavy atom. The normalized spacial score (nSPS) is 29.6. The fourth-order valence-electron chi connectivity index (χ4n) is 3.80. The lowest BCUT2D eigenvalue weighted by Crippen LogP contribution is -2.45. The van der Waals surface area contributed by atoms with Gasteiger partial charge in [0, 0.05) is 19.1 Å². The molecule has 1 aromatic carbocycles. The van der Waals surface area contributed by atoms with E-state index in [0.717, 1.165) is 45.3 Å². The van der Waals surface area contributed by atoms with E-state index in [1.54, 1.807) is 0 Å². The minimum atomic E-state index is 0.205. The van der Waals surface area contributed by atoms with E-state index in [0.29, 0.717) is 17.9 Å². The summed E-state index contributed by atoms with van der Waals surface area (Å²) in [7, 11) is 0. The van der Waals surface area contributed by atoms with Crippen molar-refractivity contribution in [1.29, 1.82) is 0 Å². The molecule has 3 nitrogen and oxygen atoms in total. The molecule has 0 aliphatic carbocycles. The zero-order chi connectivity index (χ0) is 14.7. The molecular weight excluding hydrogens is 260 g/mol. The Morgan fingerprint density at radius 3 is 2.81 bits per heavy atom. The summed E-state index contributed by atoms with van der Waals surface area (Å²) >= 11 is 0. The molecule has 3 atom stereocenters. The summed E-state index contributed by atoms with van der Waals surface area (Å²) in [6.07, 6.45) is 4.42. The first-order chi connectivity index (χ1) is 10.3. The van der Waals surface area contributed by atoms with Gasteiger partial charge in [-0.25, -0.2) is 0 Å². The molecule has 3 heteroatoms. The zero-order valence-corrected chi connectivity index (χ0v) is 12.9. The highest BCUT2D eigenvalue weighted by Gasteiger charge is 2.36. The summed E-state index contributed by atoms with van der Waals surface area (Å²) in [5.41, 5.74) is 1.39. The van der Waals surface area contributed by atoms with E-state index in [9.17, 15) is 4.79 Å². The Kier molecular flexibility index (Phi) is 4.59. The highest BCUT2D eigenvalue weighted by molar-refractivity contribution is 5.79. The molecule has 1 aromatic rings. The lowest BCUT2D eigenvalue weighted by molar-refractivity contribution is -0.136. The van der Waals surface area contributed by atoms with Crippen LogP contribution in [0.5, 0.6) is 0 Å². The molecule has 2 aliphatic heterocycles. The second-order valence-electron chi connectivity index (χ2n) is 6.55. The summed E-state index contributed by atoms with van der Waals surface area (Å²) in [4.78, 5) is 14.8. The number of nitrogens with one attached hydrogen (secondary N) is 1. The molecule has 1 amide bonds. The van der Waals surface area contributed by atoms with E-state index in [1.165, 1.54) is 5.56 Å². The maximum absolute atomic E-state index is 12.7. The number of piperidine rings is 1. The first-order valence-electron chi connectivity index (χ1n) is 8.31. The number of hydrogen-bond acceptors (Lipinski definition) is 2. The molecule has 3 rings (SSSR count). The van der Waals surface area contributed by atoms with Crippen LogP contribution >= 0.6 is 0 Å². The number of carbonyl (C=O) groups is 1. The SMILES string of the molecule is CC1C(Cc2ccccc2)CCN1C(=O)C1CCCNC1. The smallest absolute Gasteiger partial charge is 0.227 e. The maximum Gasteiger partial charge on any atom is 0.227 e. The van der Waals surface area contributed by atoms with Crippen LogP contribution in [-0.2, 0) is 11.2 Å². The monoisotopic (exact) mass is 286 g/mol. The van der Waals surface area contributed by atoms with Crippen LogP contribution in [0.3, 0.4) is 0 Å². The van der Waals surface area contributed by atoms with Crippen molar-refractivity contribution in [2.75, 3.05) is 19.6 Å². The molecule has 21 heavy (non-hydrogen) atoms. The van der Waals surface area contributed by atoms with Crippen LogP contribution < -0.4 is 5.32 Å². The van der Waals surface area contributed by atoms with Crippen molar-refractivity contribution in [3.8, 4) is 0 Å². The van der Waals surface area contributed by atoms with E-state index in [4.69, 9.17) is 0 Å². The number of hydrogen-bond donors (Lipinski definition) is 1. The number of carbonyl (C=O) groups excluding carboxylic acids is 1. The quantitative estimate of drug-likeness (QED) is 0.926. The average Bonchev–Trinajstić information content (AvgIpc) is 2.89. The summed E-state index contributed by atoms with van der Waals surface area (Å²) in [6.45, 7) is 5.10. The van der Waals surface area contributed by atoms with Crippen LogP contribution in [0.1, 0.15) is 31.7 Å². The van der Waals surface area contributed by atoms with Crippen LogP contribution in [-0.4, -0.2) is 36.5 Å². The Morgan fingerprint density at radius 1 is 1.29 bits per heavy atom. The van der Waals surface area contributed by atoms with Gasteiger partial charge in [0.15, 0.2) is 0 Å². The molecule has 2 heterocycles. The van der Waals surface area contributed by atoms with Crippen LogP contribution in [0, 0.1) is 11.8 Å². The second-order valence-corrected chi connectivity index (χ2v) is 6.55. The topological polar surface area (TPSA) is 32.3 Å². The molecule has 0 saturated carbocycles. The van der Waals surface area contributed by atoms with Crippen LogP contribution in [0.15, 0.2) is 30.3 Å². The van der Waals surface area contributed by atoms with Gasteiger partial charge in [-0.2, -0.15) is 0 Å². The fourth-order valence-corrected chi connectivity index (χ4v) is 3.80. The molecule has 2 saturated heterocycles. The van der Waals surface area contributed by atoms with Gasteiger partial charge in [-0.15, -0.1) is 0 Å². The third-order valence-corrected chi connectivity index (χ3v) is 5.18. The van der Waals surface area contributed by atoms with Crippen molar-refractivity contribution in [3.05, 3.63) is 35.9 Å². The van der Waals surface area contributed by atoms with Gasteiger partial charge in [0.25, 0.3) is 0 Å². The van der Waals surface area contributed by atoms with Crippen molar-refractivity contribution in [2.24, 2.45) is 11.8 Å². The molecule has 3 unspecified atom stereocenters. The number of amides is 1. The van der Waals surface area contributed by atoms with Crippen molar-refractivity contribution < 1.29 is 4.79 Å². The first kappa shape index (κ1) is 14.6. The van der Waals surface area contributed by atoms with Gasteiger partial charge >= 0.3 is 0 Å². The van der Waals surface area contributed by atoms with E-state index in [2.05, 4.69) is 47.5 Å². The highest BCUT2D eigenvalue weighted by Crippen LogP contribution is 2.29. The number of rotatable bonds is 3. The lowest BCUT2D eigenvalue weighted by Gasteiger charge is -2.31. The zero-order valence-electron chi connectivity index (χ0n) is 12.9. The van der Waals surface area contributed by atoms with E-state index in [1.807, 2.05) is 0 Å². The Hall–Kier alpha value is -1.35.